The SMILES string of the molecule is CCCNc1c(C)c(CC)nc2c(F)ccc(Br)c12. The zero-order chi connectivity index (χ0) is 14.0. The third-order valence-electron chi connectivity index (χ3n) is 3.27. The van der Waals surface area contributed by atoms with E-state index in [1.54, 1.807) is 6.07 Å². The second-order valence-electron chi connectivity index (χ2n) is 4.59. The number of anilines is 1. The van der Waals surface area contributed by atoms with Crippen molar-refractivity contribution in [2.75, 3.05) is 11.9 Å². The van der Waals surface area contributed by atoms with Crippen LogP contribution in [0.5, 0.6) is 0 Å². The number of benzene rings is 1. The number of halogens is 2. The normalized spacial score (nSPS) is 11.0. The van der Waals surface area contributed by atoms with Crippen LogP contribution in [0, 0.1) is 12.7 Å². The van der Waals surface area contributed by atoms with Gasteiger partial charge < -0.3 is 5.32 Å². The lowest BCUT2D eigenvalue weighted by molar-refractivity contribution is 0.636. The smallest absolute Gasteiger partial charge is 0.149 e. The Bertz CT molecular complexity index is 611. The van der Waals surface area contributed by atoms with Crippen molar-refractivity contribution in [2.24, 2.45) is 0 Å². The first-order chi connectivity index (χ1) is 9.10. The Morgan fingerprint density at radius 2 is 2.05 bits per heavy atom. The quantitative estimate of drug-likeness (QED) is 0.871. The lowest BCUT2D eigenvalue weighted by Gasteiger charge is -2.16. The number of nitrogens with one attached hydrogen (secondary N) is 1. The van der Waals surface area contributed by atoms with E-state index in [0.29, 0.717) is 5.52 Å². The van der Waals surface area contributed by atoms with Crippen molar-refractivity contribution in [1.29, 1.82) is 0 Å². The highest BCUT2D eigenvalue weighted by Gasteiger charge is 2.15. The minimum absolute atomic E-state index is 0.271. The molecule has 0 bridgehead atoms. The molecule has 0 aliphatic carbocycles. The maximum Gasteiger partial charge on any atom is 0.149 e. The predicted molar refractivity (Wildman–Crippen MR) is 82.3 cm³/mol. The molecule has 0 saturated heterocycles. The molecule has 4 heteroatoms. The van der Waals surface area contributed by atoms with Crippen LogP contribution in [0.3, 0.4) is 0 Å². The number of pyridine rings is 1. The Morgan fingerprint density at radius 3 is 2.68 bits per heavy atom. The van der Waals surface area contributed by atoms with E-state index in [9.17, 15) is 4.39 Å². The lowest BCUT2D eigenvalue weighted by atomic mass is 10.0. The molecule has 0 atom stereocenters. The van der Waals surface area contributed by atoms with Crippen LogP contribution >= 0.6 is 15.9 Å². The molecule has 2 aromatic rings. The molecule has 19 heavy (non-hydrogen) atoms. The molecular formula is C15H18BrFN2. The van der Waals surface area contributed by atoms with Crippen LogP contribution in [0.4, 0.5) is 10.1 Å². The number of hydrogen-bond acceptors (Lipinski definition) is 2. The Kier molecular flexibility index (Phi) is 4.40. The molecule has 0 aliphatic rings. The first-order valence-corrected chi connectivity index (χ1v) is 7.40. The highest BCUT2D eigenvalue weighted by Crippen LogP contribution is 2.35. The van der Waals surface area contributed by atoms with Crippen LogP contribution in [0.25, 0.3) is 10.9 Å². The second-order valence-corrected chi connectivity index (χ2v) is 5.45. The summed E-state index contributed by atoms with van der Waals surface area (Å²) >= 11 is 3.51. The Labute approximate surface area is 121 Å². The molecule has 0 radical (unpaired) electrons. The summed E-state index contributed by atoms with van der Waals surface area (Å²) in [6.07, 6.45) is 1.83. The topological polar surface area (TPSA) is 24.9 Å². The summed E-state index contributed by atoms with van der Waals surface area (Å²) < 4.78 is 14.9. The maximum atomic E-state index is 14.0. The number of rotatable bonds is 4. The number of fused-ring (bicyclic) bond motifs is 1. The van der Waals surface area contributed by atoms with Crippen LogP contribution in [0.1, 0.15) is 31.5 Å². The van der Waals surface area contributed by atoms with E-state index >= 15 is 0 Å². The Hall–Kier alpha value is -1.16. The molecule has 2 rings (SSSR count). The van der Waals surface area contributed by atoms with Crippen molar-refractivity contribution in [3.63, 3.8) is 0 Å². The van der Waals surface area contributed by atoms with Crippen molar-refractivity contribution in [3.05, 3.63) is 33.7 Å². The third kappa shape index (κ3) is 2.59. The minimum atomic E-state index is -0.271. The van der Waals surface area contributed by atoms with Crippen molar-refractivity contribution in [2.45, 2.75) is 33.6 Å². The highest BCUT2D eigenvalue weighted by molar-refractivity contribution is 9.10. The molecule has 0 spiro atoms. The van der Waals surface area contributed by atoms with Gasteiger partial charge in [0.25, 0.3) is 0 Å². The van der Waals surface area contributed by atoms with Gasteiger partial charge in [0.1, 0.15) is 11.3 Å². The predicted octanol–water partition coefficient (Wildman–Crippen LogP) is 4.83. The van der Waals surface area contributed by atoms with E-state index in [0.717, 1.165) is 46.2 Å². The summed E-state index contributed by atoms with van der Waals surface area (Å²) in [6, 6.07) is 3.19. The van der Waals surface area contributed by atoms with Crippen LogP contribution in [0.15, 0.2) is 16.6 Å². The third-order valence-corrected chi connectivity index (χ3v) is 3.93. The fraction of sp³-hybridized carbons (Fsp3) is 0.400. The lowest BCUT2D eigenvalue weighted by Crippen LogP contribution is -2.07. The molecule has 2 nitrogen and oxygen atoms in total. The van der Waals surface area contributed by atoms with Crippen molar-refractivity contribution < 1.29 is 4.39 Å². The van der Waals surface area contributed by atoms with Gasteiger partial charge in [-0.2, -0.15) is 0 Å². The largest absolute Gasteiger partial charge is 0.384 e. The summed E-state index contributed by atoms with van der Waals surface area (Å²) in [5.41, 5.74) is 3.49. The van der Waals surface area contributed by atoms with E-state index in [2.05, 4.69) is 33.2 Å². The molecule has 1 N–H and O–H groups in total. The summed E-state index contributed by atoms with van der Waals surface area (Å²) in [5.74, 6) is -0.271. The van der Waals surface area contributed by atoms with Crippen molar-refractivity contribution >= 4 is 32.5 Å². The van der Waals surface area contributed by atoms with Gasteiger partial charge in [0.2, 0.25) is 0 Å². The fourth-order valence-corrected chi connectivity index (χ4v) is 2.77. The molecular weight excluding hydrogens is 307 g/mol. The zero-order valence-electron chi connectivity index (χ0n) is 11.5. The van der Waals surface area contributed by atoms with Crippen molar-refractivity contribution in [1.82, 2.24) is 4.98 Å². The molecule has 0 aliphatic heterocycles. The fourth-order valence-electron chi connectivity index (χ4n) is 2.25. The van der Waals surface area contributed by atoms with Crippen LogP contribution < -0.4 is 5.32 Å². The summed E-state index contributed by atoms with van der Waals surface area (Å²) in [4.78, 5) is 4.48. The Morgan fingerprint density at radius 1 is 1.32 bits per heavy atom. The molecule has 1 heterocycles. The van der Waals surface area contributed by atoms with E-state index < -0.39 is 0 Å². The van der Waals surface area contributed by atoms with Crippen LogP contribution in [-0.4, -0.2) is 11.5 Å². The molecule has 0 saturated carbocycles. The van der Waals surface area contributed by atoms with Gasteiger partial charge in [-0.05, 0) is 37.5 Å². The van der Waals surface area contributed by atoms with E-state index in [1.807, 2.05) is 13.8 Å². The van der Waals surface area contributed by atoms with E-state index in [4.69, 9.17) is 0 Å². The van der Waals surface area contributed by atoms with E-state index in [1.165, 1.54) is 6.07 Å². The average Bonchev–Trinajstić information content (AvgIpc) is 2.41. The number of aryl methyl sites for hydroxylation is 1. The van der Waals surface area contributed by atoms with Crippen LogP contribution in [-0.2, 0) is 6.42 Å². The highest BCUT2D eigenvalue weighted by atomic mass is 79.9. The van der Waals surface area contributed by atoms with Gasteiger partial charge in [-0.1, -0.05) is 29.8 Å². The monoisotopic (exact) mass is 324 g/mol. The number of aromatic nitrogens is 1. The Balaban J connectivity index is 2.79. The molecule has 0 amide bonds. The molecule has 1 aromatic carbocycles. The molecule has 0 fully saturated rings. The first-order valence-electron chi connectivity index (χ1n) is 6.61. The number of hydrogen-bond donors (Lipinski definition) is 1. The molecule has 0 unspecified atom stereocenters. The van der Waals surface area contributed by atoms with Gasteiger partial charge in [0.15, 0.2) is 0 Å². The van der Waals surface area contributed by atoms with Crippen molar-refractivity contribution in [3.8, 4) is 0 Å². The standard InChI is InChI=1S/C15H18BrFN2/c1-4-8-18-14-9(3)12(5-2)19-15-11(17)7-6-10(16)13(14)15/h6-7H,4-5,8H2,1-3H3,(H,18,19). The minimum Gasteiger partial charge on any atom is -0.384 e. The summed E-state index contributed by atoms with van der Waals surface area (Å²) in [6.45, 7) is 7.06. The average molecular weight is 325 g/mol. The van der Waals surface area contributed by atoms with Gasteiger partial charge in [-0.25, -0.2) is 9.37 Å². The molecule has 1 aromatic heterocycles. The van der Waals surface area contributed by atoms with Gasteiger partial charge in [0.05, 0.1) is 0 Å². The summed E-state index contributed by atoms with van der Waals surface area (Å²) in [5, 5.41) is 4.25. The molecule has 102 valence electrons. The van der Waals surface area contributed by atoms with E-state index in [-0.39, 0.29) is 5.82 Å². The zero-order valence-corrected chi connectivity index (χ0v) is 13.1. The second kappa shape index (κ2) is 5.87. The maximum absolute atomic E-state index is 14.0. The van der Waals surface area contributed by atoms with Gasteiger partial charge in [0, 0.05) is 27.8 Å². The first kappa shape index (κ1) is 14.3. The summed E-state index contributed by atoms with van der Waals surface area (Å²) in [7, 11) is 0. The number of nitrogens with zero attached hydrogens (tertiary/aromatic N) is 1. The van der Waals surface area contributed by atoms with Gasteiger partial charge in [-0.3, -0.25) is 0 Å². The van der Waals surface area contributed by atoms with Gasteiger partial charge in [-0.15, -0.1) is 0 Å². The van der Waals surface area contributed by atoms with Gasteiger partial charge >= 0.3 is 0 Å². The van der Waals surface area contributed by atoms with Crippen LogP contribution in [0.2, 0.25) is 0 Å².